The molecule has 0 aromatic heterocycles. The zero-order chi connectivity index (χ0) is 8.27. The number of hydrogen-bond acceptors (Lipinski definition) is 2. The number of rotatable bonds is 3. The van der Waals surface area contributed by atoms with Crippen molar-refractivity contribution in [1.29, 1.82) is 0 Å². The minimum Gasteiger partial charge on any atom is -0.335 e. The lowest BCUT2D eigenvalue weighted by Gasteiger charge is -2.11. The number of likely N-dealkylation sites (tertiary alicyclic amines) is 1. The van der Waals surface area contributed by atoms with Gasteiger partial charge in [-0.2, -0.15) is 0 Å². The summed E-state index contributed by atoms with van der Waals surface area (Å²) in [6.07, 6.45) is 2.45. The monoisotopic (exact) mass is 155 g/mol. The number of amides is 1. The van der Waals surface area contributed by atoms with Crippen molar-refractivity contribution in [3.05, 3.63) is 0 Å². The molecule has 1 saturated heterocycles. The minimum atomic E-state index is 0.129. The molecule has 1 rings (SSSR count). The predicted octanol–water partition coefficient (Wildman–Crippen LogP) is 0.444. The van der Waals surface area contributed by atoms with Crippen molar-refractivity contribution in [2.45, 2.75) is 19.8 Å². The molecule has 1 fully saturated rings. The Morgan fingerprint density at radius 2 is 2.45 bits per heavy atom. The fourth-order valence-corrected chi connectivity index (χ4v) is 1.39. The summed E-state index contributed by atoms with van der Waals surface area (Å²) < 4.78 is 0. The van der Waals surface area contributed by atoms with Crippen LogP contribution < -0.4 is 0 Å². The molecule has 1 atom stereocenters. The Bertz CT molecular complexity index is 167. The third-order valence-electron chi connectivity index (χ3n) is 2.17. The summed E-state index contributed by atoms with van der Waals surface area (Å²) in [5.41, 5.74) is 0. The van der Waals surface area contributed by atoms with Gasteiger partial charge in [0.1, 0.15) is 6.29 Å². The van der Waals surface area contributed by atoms with Gasteiger partial charge in [0.05, 0.1) is 6.54 Å². The van der Waals surface area contributed by atoms with Gasteiger partial charge in [0, 0.05) is 13.0 Å². The summed E-state index contributed by atoms with van der Waals surface area (Å²) >= 11 is 0. The standard InChI is InChI=1S/C8H13NO2/c1-2-7-5-8(11)9(6-7)3-4-10/h4,7H,2-3,5-6H2,1H3. The maximum absolute atomic E-state index is 11.1. The Balaban J connectivity index is 2.44. The van der Waals surface area contributed by atoms with Gasteiger partial charge in [-0.1, -0.05) is 13.3 Å². The topological polar surface area (TPSA) is 37.4 Å². The van der Waals surface area contributed by atoms with Gasteiger partial charge in [-0.25, -0.2) is 0 Å². The third-order valence-corrected chi connectivity index (χ3v) is 2.17. The van der Waals surface area contributed by atoms with Crippen LogP contribution in [0.5, 0.6) is 0 Å². The Labute approximate surface area is 66.4 Å². The first-order chi connectivity index (χ1) is 5.27. The summed E-state index contributed by atoms with van der Waals surface area (Å²) in [6, 6.07) is 0. The predicted molar refractivity (Wildman–Crippen MR) is 41.0 cm³/mol. The second-order valence-corrected chi connectivity index (χ2v) is 2.94. The van der Waals surface area contributed by atoms with Gasteiger partial charge >= 0.3 is 0 Å². The zero-order valence-electron chi connectivity index (χ0n) is 6.75. The van der Waals surface area contributed by atoms with Crippen molar-refractivity contribution in [3.63, 3.8) is 0 Å². The summed E-state index contributed by atoms with van der Waals surface area (Å²) in [4.78, 5) is 22.8. The number of carbonyl (C=O) groups is 2. The van der Waals surface area contributed by atoms with Crippen molar-refractivity contribution in [2.24, 2.45) is 5.92 Å². The molecule has 62 valence electrons. The first-order valence-corrected chi connectivity index (χ1v) is 3.99. The molecule has 0 saturated carbocycles. The molecule has 3 nitrogen and oxygen atoms in total. The van der Waals surface area contributed by atoms with E-state index < -0.39 is 0 Å². The molecule has 0 aromatic carbocycles. The summed E-state index contributed by atoms with van der Waals surface area (Å²) in [7, 11) is 0. The van der Waals surface area contributed by atoms with Crippen LogP contribution in [-0.2, 0) is 9.59 Å². The van der Waals surface area contributed by atoms with Crippen LogP contribution in [0.4, 0.5) is 0 Å². The fourth-order valence-electron chi connectivity index (χ4n) is 1.39. The molecule has 0 N–H and O–H groups in total. The first-order valence-electron chi connectivity index (χ1n) is 3.99. The summed E-state index contributed by atoms with van der Waals surface area (Å²) in [5, 5.41) is 0. The Kier molecular flexibility index (Phi) is 2.63. The van der Waals surface area contributed by atoms with E-state index in [4.69, 9.17) is 0 Å². The van der Waals surface area contributed by atoms with Gasteiger partial charge in [-0.05, 0) is 5.92 Å². The lowest BCUT2D eigenvalue weighted by molar-refractivity contribution is -0.129. The third kappa shape index (κ3) is 1.79. The van der Waals surface area contributed by atoms with E-state index >= 15 is 0 Å². The second kappa shape index (κ2) is 3.51. The van der Waals surface area contributed by atoms with Crippen LogP contribution in [0.3, 0.4) is 0 Å². The molecule has 1 aliphatic rings. The van der Waals surface area contributed by atoms with E-state index in [1.54, 1.807) is 4.90 Å². The molecule has 11 heavy (non-hydrogen) atoms. The highest BCUT2D eigenvalue weighted by Crippen LogP contribution is 2.19. The van der Waals surface area contributed by atoms with E-state index in [1.807, 2.05) is 0 Å². The lowest BCUT2D eigenvalue weighted by Crippen LogP contribution is -2.26. The van der Waals surface area contributed by atoms with Crippen molar-refractivity contribution in [2.75, 3.05) is 13.1 Å². The van der Waals surface area contributed by atoms with E-state index in [0.717, 1.165) is 19.3 Å². The molecule has 1 amide bonds. The Morgan fingerprint density at radius 3 is 2.91 bits per heavy atom. The number of hydrogen-bond donors (Lipinski definition) is 0. The average Bonchev–Trinajstić information content (AvgIpc) is 2.33. The Morgan fingerprint density at radius 1 is 1.73 bits per heavy atom. The summed E-state index contributed by atoms with van der Waals surface area (Å²) in [6.45, 7) is 3.12. The van der Waals surface area contributed by atoms with E-state index in [-0.39, 0.29) is 12.5 Å². The van der Waals surface area contributed by atoms with Crippen LogP contribution in [0, 0.1) is 5.92 Å². The molecule has 1 aliphatic heterocycles. The van der Waals surface area contributed by atoms with Crippen molar-refractivity contribution >= 4 is 12.2 Å². The normalized spacial score (nSPS) is 24.3. The van der Waals surface area contributed by atoms with Crippen molar-refractivity contribution < 1.29 is 9.59 Å². The molecule has 1 heterocycles. The van der Waals surface area contributed by atoms with Crippen LogP contribution in [-0.4, -0.2) is 30.2 Å². The first kappa shape index (κ1) is 8.24. The molecule has 0 aliphatic carbocycles. The molecular formula is C8H13NO2. The maximum atomic E-state index is 11.1. The van der Waals surface area contributed by atoms with E-state index in [9.17, 15) is 9.59 Å². The van der Waals surface area contributed by atoms with Gasteiger partial charge in [-0.3, -0.25) is 4.79 Å². The van der Waals surface area contributed by atoms with Crippen LogP contribution in [0.1, 0.15) is 19.8 Å². The molecular weight excluding hydrogens is 142 g/mol. The van der Waals surface area contributed by atoms with Gasteiger partial charge in [0.15, 0.2) is 0 Å². The maximum Gasteiger partial charge on any atom is 0.223 e. The molecule has 1 unspecified atom stereocenters. The molecule has 0 radical (unpaired) electrons. The van der Waals surface area contributed by atoms with Crippen LogP contribution in [0.15, 0.2) is 0 Å². The van der Waals surface area contributed by atoms with E-state index in [1.165, 1.54) is 0 Å². The molecule has 3 heteroatoms. The van der Waals surface area contributed by atoms with Crippen LogP contribution in [0.2, 0.25) is 0 Å². The van der Waals surface area contributed by atoms with Gasteiger partial charge in [0.25, 0.3) is 0 Å². The number of carbonyl (C=O) groups excluding carboxylic acids is 2. The average molecular weight is 155 g/mol. The van der Waals surface area contributed by atoms with Crippen molar-refractivity contribution in [1.82, 2.24) is 4.90 Å². The second-order valence-electron chi connectivity index (χ2n) is 2.94. The molecule has 0 bridgehead atoms. The van der Waals surface area contributed by atoms with Gasteiger partial charge in [0.2, 0.25) is 5.91 Å². The zero-order valence-corrected chi connectivity index (χ0v) is 6.75. The minimum absolute atomic E-state index is 0.129. The highest BCUT2D eigenvalue weighted by atomic mass is 16.2. The van der Waals surface area contributed by atoms with Crippen LogP contribution in [0.25, 0.3) is 0 Å². The van der Waals surface area contributed by atoms with Gasteiger partial charge in [-0.15, -0.1) is 0 Å². The smallest absolute Gasteiger partial charge is 0.223 e. The number of nitrogens with zero attached hydrogens (tertiary/aromatic N) is 1. The number of aldehydes is 1. The fraction of sp³-hybridized carbons (Fsp3) is 0.750. The van der Waals surface area contributed by atoms with E-state index in [0.29, 0.717) is 12.3 Å². The van der Waals surface area contributed by atoms with E-state index in [2.05, 4.69) is 6.92 Å². The largest absolute Gasteiger partial charge is 0.335 e. The van der Waals surface area contributed by atoms with Crippen molar-refractivity contribution in [3.8, 4) is 0 Å². The van der Waals surface area contributed by atoms with Gasteiger partial charge < -0.3 is 9.69 Å². The summed E-state index contributed by atoms with van der Waals surface area (Å²) in [5.74, 6) is 0.603. The quantitative estimate of drug-likeness (QED) is 0.555. The van der Waals surface area contributed by atoms with Crippen LogP contribution >= 0.6 is 0 Å². The Hall–Kier alpha value is -0.860. The molecule has 0 spiro atoms. The highest BCUT2D eigenvalue weighted by molar-refractivity contribution is 5.80. The SMILES string of the molecule is CCC1CC(=O)N(CC=O)C1. The lowest BCUT2D eigenvalue weighted by atomic mass is 10.1. The highest BCUT2D eigenvalue weighted by Gasteiger charge is 2.27. The molecule has 0 aromatic rings.